The number of hydrogen-bond donors (Lipinski definition) is 0. The van der Waals surface area contributed by atoms with E-state index < -0.39 is 0 Å². The molecule has 0 saturated heterocycles. The van der Waals surface area contributed by atoms with E-state index in [0.29, 0.717) is 18.6 Å². The lowest BCUT2D eigenvalue weighted by molar-refractivity contribution is 0.671. The minimum absolute atomic E-state index is 0.0829. The number of fused-ring (bicyclic) bond motifs is 3. The summed E-state index contributed by atoms with van der Waals surface area (Å²) >= 11 is 0. The molecule has 4 aromatic rings. The Morgan fingerprint density at radius 3 is 2.52 bits per heavy atom. The molecule has 0 spiro atoms. The third-order valence-electron chi connectivity index (χ3n) is 4.12. The van der Waals surface area contributed by atoms with Crippen LogP contribution in [0, 0.1) is 0 Å². The molecule has 0 aliphatic rings. The highest BCUT2D eigenvalue weighted by atomic mass is 16.1. The van der Waals surface area contributed by atoms with E-state index >= 15 is 0 Å². The molecule has 0 atom stereocenters. The van der Waals surface area contributed by atoms with Gasteiger partial charge < -0.3 is 4.57 Å². The standard InChI is InChI=1S/C18H16N4O/c1-2-21-15-11-7-6-10-14(15)17-16(18(21)23)19-20-22(17)12-13-8-4-3-5-9-13/h3-11H,2,12H2,1H3. The molecule has 0 N–H and O–H groups in total. The van der Waals surface area contributed by atoms with Gasteiger partial charge in [-0.25, -0.2) is 4.68 Å². The number of benzene rings is 2. The summed E-state index contributed by atoms with van der Waals surface area (Å²) in [4.78, 5) is 12.7. The molecule has 0 unspecified atom stereocenters. The Morgan fingerprint density at radius 1 is 1.00 bits per heavy atom. The minimum Gasteiger partial charge on any atom is -0.306 e. The van der Waals surface area contributed by atoms with Crippen molar-refractivity contribution in [2.45, 2.75) is 20.0 Å². The summed E-state index contributed by atoms with van der Waals surface area (Å²) in [5, 5.41) is 9.39. The molecule has 0 aliphatic carbocycles. The van der Waals surface area contributed by atoms with Crippen molar-refractivity contribution < 1.29 is 0 Å². The first kappa shape index (κ1) is 13.7. The highest BCUT2D eigenvalue weighted by Gasteiger charge is 2.15. The number of hydrogen-bond acceptors (Lipinski definition) is 3. The van der Waals surface area contributed by atoms with Crippen LogP contribution in [0.25, 0.3) is 21.9 Å². The predicted octanol–water partition coefficient (Wildman–Crippen LogP) is 2.81. The SMILES string of the molecule is CCn1c(=O)c2nnn(Cc3ccccc3)c2c2ccccc21. The van der Waals surface area contributed by atoms with E-state index in [4.69, 9.17) is 0 Å². The maximum Gasteiger partial charge on any atom is 0.281 e. The Morgan fingerprint density at radius 2 is 1.74 bits per heavy atom. The molecular weight excluding hydrogens is 288 g/mol. The van der Waals surface area contributed by atoms with Gasteiger partial charge in [-0.2, -0.15) is 0 Å². The van der Waals surface area contributed by atoms with Crippen LogP contribution < -0.4 is 5.56 Å². The molecule has 5 nitrogen and oxygen atoms in total. The average Bonchev–Trinajstić information content (AvgIpc) is 3.01. The monoisotopic (exact) mass is 304 g/mol. The van der Waals surface area contributed by atoms with Gasteiger partial charge in [0.15, 0.2) is 5.52 Å². The van der Waals surface area contributed by atoms with E-state index in [2.05, 4.69) is 10.3 Å². The second-order valence-electron chi connectivity index (χ2n) is 5.50. The van der Waals surface area contributed by atoms with Gasteiger partial charge in [-0.05, 0) is 18.6 Å². The topological polar surface area (TPSA) is 52.7 Å². The van der Waals surface area contributed by atoms with E-state index in [9.17, 15) is 4.79 Å². The van der Waals surface area contributed by atoms with E-state index in [1.807, 2.05) is 66.2 Å². The first-order valence-corrected chi connectivity index (χ1v) is 7.68. The summed E-state index contributed by atoms with van der Waals surface area (Å²) in [6.07, 6.45) is 0. The number of pyridine rings is 1. The van der Waals surface area contributed by atoms with Crippen molar-refractivity contribution in [1.29, 1.82) is 0 Å². The van der Waals surface area contributed by atoms with Gasteiger partial charge >= 0.3 is 0 Å². The zero-order chi connectivity index (χ0) is 15.8. The van der Waals surface area contributed by atoms with E-state index in [1.54, 1.807) is 4.57 Å². The predicted molar refractivity (Wildman–Crippen MR) is 90.5 cm³/mol. The molecule has 0 amide bonds. The van der Waals surface area contributed by atoms with Crippen molar-refractivity contribution in [1.82, 2.24) is 19.6 Å². The molecule has 4 rings (SSSR count). The Bertz CT molecular complexity index is 1050. The van der Waals surface area contributed by atoms with Crippen molar-refractivity contribution in [3.63, 3.8) is 0 Å². The molecular formula is C18H16N4O. The normalized spacial score (nSPS) is 11.3. The Labute approximate surface area is 132 Å². The molecule has 0 saturated carbocycles. The number of nitrogens with zero attached hydrogens (tertiary/aromatic N) is 4. The van der Waals surface area contributed by atoms with Crippen LogP contribution in [-0.2, 0) is 13.1 Å². The van der Waals surface area contributed by atoms with Gasteiger partial charge in [0.25, 0.3) is 5.56 Å². The molecule has 2 aromatic heterocycles. The summed E-state index contributed by atoms with van der Waals surface area (Å²) < 4.78 is 3.56. The van der Waals surface area contributed by atoms with Crippen molar-refractivity contribution in [3.05, 3.63) is 70.5 Å². The maximum atomic E-state index is 12.7. The third-order valence-corrected chi connectivity index (χ3v) is 4.12. The molecule has 5 heteroatoms. The average molecular weight is 304 g/mol. The lowest BCUT2D eigenvalue weighted by Crippen LogP contribution is -2.20. The highest BCUT2D eigenvalue weighted by Crippen LogP contribution is 2.22. The lowest BCUT2D eigenvalue weighted by Gasteiger charge is -2.10. The van der Waals surface area contributed by atoms with Crippen molar-refractivity contribution >= 4 is 21.9 Å². The largest absolute Gasteiger partial charge is 0.306 e. The van der Waals surface area contributed by atoms with Gasteiger partial charge in [0.1, 0.15) is 5.52 Å². The fourth-order valence-corrected chi connectivity index (χ4v) is 3.05. The van der Waals surface area contributed by atoms with Crippen LogP contribution in [0.4, 0.5) is 0 Å². The minimum atomic E-state index is -0.0829. The van der Waals surface area contributed by atoms with Crippen LogP contribution in [0.15, 0.2) is 59.4 Å². The van der Waals surface area contributed by atoms with Gasteiger partial charge in [0.05, 0.1) is 12.1 Å². The zero-order valence-corrected chi connectivity index (χ0v) is 12.8. The van der Waals surface area contributed by atoms with E-state index in [-0.39, 0.29) is 5.56 Å². The molecule has 0 bridgehead atoms. The van der Waals surface area contributed by atoms with Gasteiger partial charge in [-0.15, -0.1) is 5.10 Å². The molecule has 114 valence electrons. The molecule has 23 heavy (non-hydrogen) atoms. The second-order valence-corrected chi connectivity index (χ2v) is 5.50. The van der Waals surface area contributed by atoms with Gasteiger partial charge in [0, 0.05) is 11.9 Å². The van der Waals surface area contributed by atoms with E-state index in [0.717, 1.165) is 22.0 Å². The Balaban J connectivity index is 2.03. The van der Waals surface area contributed by atoms with Crippen molar-refractivity contribution in [2.24, 2.45) is 0 Å². The van der Waals surface area contributed by atoms with Crippen LogP contribution in [0.2, 0.25) is 0 Å². The molecule has 0 radical (unpaired) electrons. The van der Waals surface area contributed by atoms with Crippen LogP contribution in [0.5, 0.6) is 0 Å². The quantitative estimate of drug-likeness (QED) is 0.585. The summed E-state index contributed by atoms with van der Waals surface area (Å²) in [6, 6.07) is 18.0. The fraction of sp³-hybridized carbons (Fsp3) is 0.167. The maximum absolute atomic E-state index is 12.7. The number of aromatic nitrogens is 4. The second kappa shape index (κ2) is 5.35. The molecule has 0 fully saturated rings. The lowest BCUT2D eigenvalue weighted by atomic mass is 10.1. The Hall–Kier alpha value is -2.95. The zero-order valence-electron chi connectivity index (χ0n) is 12.8. The first-order chi connectivity index (χ1) is 11.3. The third kappa shape index (κ3) is 2.12. The Kier molecular flexibility index (Phi) is 3.19. The van der Waals surface area contributed by atoms with Crippen molar-refractivity contribution in [3.8, 4) is 0 Å². The summed E-state index contributed by atoms with van der Waals surface area (Å²) in [5.41, 5.74) is 3.20. The molecule has 2 aromatic carbocycles. The van der Waals surface area contributed by atoms with Crippen molar-refractivity contribution in [2.75, 3.05) is 0 Å². The van der Waals surface area contributed by atoms with Gasteiger partial charge in [-0.3, -0.25) is 4.79 Å². The van der Waals surface area contributed by atoms with Gasteiger partial charge in [0.2, 0.25) is 0 Å². The highest BCUT2D eigenvalue weighted by molar-refractivity contribution is 6.01. The number of aryl methyl sites for hydroxylation is 1. The summed E-state index contributed by atoms with van der Waals surface area (Å²) in [6.45, 7) is 3.17. The van der Waals surface area contributed by atoms with Crippen LogP contribution >= 0.6 is 0 Å². The summed E-state index contributed by atoms with van der Waals surface area (Å²) in [7, 11) is 0. The summed E-state index contributed by atoms with van der Waals surface area (Å²) in [5.74, 6) is 0. The fourth-order valence-electron chi connectivity index (χ4n) is 3.05. The van der Waals surface area contributed by atoms with Crippen LogP contribution in [-0.4, -0.2) is 19.6 Å². The van der Waals surface area contributed by atoms with Gasteiger partial charge in [-0.1, -0.05) is 53.7 Å². The number of para-hydroxylation sites is 1. The molecule has 0 aliphatic heterocycles. The molecule has 2 heterocycles. The van der Waals surface area contributed by atoms with Crippen LogP contribution in [0.3, 0.4) is 0 Å². The van der Waals surface area contributed by atoms with Crippen LogP contribution in [0.1, 0.15) is 12.5 Å². The number of rotatable bonds is 3. The van der Waals surface area contributed by atoms with E-state index in [1.165, 1.54) is 0 Å². The smallest absolute Gasteiger partial charge is 0.281 e. The first-order valence-electron chi connectivity index (χ1n) is 7.68.